The Hall–Kier alpha value is -1.15. The third kappa shape index (κ3) is 4.42. The maximum Gasteiger partial charge on any atom is 0.211 e. The maximum absolute atomic E-state index is 11.5. The Morgan fingerprint density at radius 3 is 2.91 bits per heavy atom. The van der Waals surface area contributed by atoms with Crippen molar-refractivity contribution in [2.75, 3.05) is 45.6 Å². The minimum absolute atomic E-state index is 0.116. The largest absolute Gasteiger partial charge is 0.496 e. The van der Waals surface area contributed by atoms with Crippen molar-refractivity contribution in [3.63, 3.8) is 0 Å². The van der Waals surface area contributed by atoms with Gasteiger partial charge in [0, 0.05) is 38.3 Å². The lowest BCUT2D eigenvalue weighted by atomic mass is 10.0. The van der Waals surface area contributed by atoms with Gasteiger partial charge >= 0.3 is 0 Å². The van der Waals surface area contributed by atoms with Crippen molar-refractivity contribution in [2.24, 2.45) is 0 Å². The minimum atomic E-state index is -3.13. The van der Waals surface area contributed by atoms with Crippen molar-refractivity contribution in [2.45, 2.75) is 13.0 Å². The summed E-state index contributed by atoms with van der Waals surface area (Å²) < 4.78 is 31.2. The van der Waals surface area contributed by atoms with E-state index in [9.17, 15) is 8.42 Å². The Kier molecular flexibility index (Phi) is 6.19. The fourth-order valence-electron chi connectivity index (χ4n) is 2.71. The van der Waals surface area contributed by atoms with E-state index in [0.29, 0.717) is 13.1 Å². The van der Waals surface area contributed by atoms with Crippen LogP contribution in [-0.4, -0.2) is 58.9 Å². The van der Waals surface area contributed by atoms with E-state index in [0.717, 1.165) is 30.9 Å². The number of sulfonamides is 1. The zero-order valence-corrected chi connectivity index (χ0v) is 14.0. The average molecular weight is 327 g/mol. The van der Waals surface area contributed by atoms with Crippen molar-refractivity contribution < 1.29 is 13.2 Å². The number of nitrogens with zero attached hydrogens (tertiary/aromatic N) is 1. The van der Waals surface area contributed by atoms with Crippen LogP contribution in [0.2, 0.25) is 0 Å². The van der Waals surface area contributed by atoms with Crippen molar-refractivity contribution >= 4 is 10.0 Å². The van der Waals surface area contributed by atoms with Crippen LogP contribution in [0.3, 0.4) is 0 Å². The summed E-state index contributed by atoms with van der Waals surface area (Å²) in [6.45, 7) is 5.39. The van der Waals surface area contributed by atoms with Gasteiger partial charge in [0.2, 0.25) is 10.0 Å². The summed E-state index contributed by atoms with van der Waals surface area (Å²) in [6, 6.07) is 8.18. The first-order valence-electron chi connectivity index (χ1n) is 7.62. The number of hydrogen-bond donors (Lipinski definition) is 2. The third-order valence-electron chi connectivity index (χ3n) is 3.95. The number of methoxy groups -OCH3 is 1. The number of para-hydroxylation sites is 1. The Balaban J connectivity index is 2.05. The van der Waals surface area contributed by atoms with Crippen LogP contribution in [0.4, 0.5) is 0 Å². The molecule has 1 heterocycles. The molecule has 0 aromatic heterocycles. The van der Waals surface area contributed by atoms with Crippen molar-refractivity contribution in [1.29, 1.82) is 0 Å². The van der Waals surface area contributed by atoms with Crippen LogP contribution >= 0.6 is 0 Å². The van der Waals surface area contributed by atoms with Crippen LogP contribution in [-0.2, 0) is 10.0 Å². The molecule has 1 fully saturated rings. The van der Waals surface area contributed by atoms with Gasteiger partial charge in [-0.05, 0) is 13.0 Å². The lowest BCUT2D eigenvalue weighted by Crippen LogP contribution is -2.48. The van der Waals surface area contributed by atoms with Gasteiger partial charge in [-0.25, -0.2) is 13.1 Å². The van der Waals surface area contributed by atoms with Gasteiger partial charge in [-0.3, -0.25) is 4.90 Å². The van der Waals surface area contributed by atoms with Crippen molar-refractivity contribution in [3.05, 3.63) is 29.8 Å². The summed E-state index contributed by atoms with van der Waals surface area (Å²) in [6.07, 6.45) is 0. The highest BCUT2D eigenvalue weighted by Crippen LogP contribution is 2.29. The first-order valence-corrected chi connectivity index (χ1v) is 9.27. The quantitative estimate of drug-likeness (QED) is 0.767. The molecule has 0 saturated carbocycles. The van der Waals surface area contributed by atoms with E-state index in [1.165, 1.54) is 0 Å². The van der Waals surface area contributed by atoms with E-state index >= 15 is 0 Å². The SMILES string of the molecule is CCS(=O)(=O)NCCN1CCNCC1c1ccccc1OC. The second-order valence-corrected chi connectivity index (χ2v) is 7.39. The smallest absolute Gasteiger partial charge is 0.211 e. The number of hydrogen-bond acceptors (Lipinski definition) is 5. The Morgan fingerprint density at radius 1 is 1.41 bits per heavy atom. The van der Waals surface area contributed by atoms with E-state index in [2.05, 4.69) is 21.0 Å². The number of ether oxygens (including phenoxy) is 1. The van der Waals surface area contributed by atoms with Crippen LogP contribution in [0.25, 0.3) is 0 Å². The van der Waals surface area contributed by atoms with Gasteiger partial charge in [0.1, 0.15) is 5.75 Å². The zero-order chi connectivity index (χ0) is 16.0. The Bertz CT molecular complexity index is 577. The Labute approximate surface area is 132 Å². The lowest BCUT2D eigenvalue weighted by molar-refractivity contribution is 0.162. The first kappa shape index (κ1) is 17.2. The summed E-state index contributed by atoms with van der Waals surface area (Å²) in [5.41, 5.74) is 1.13. The van der Waals surface area contributed by atoms with Crippen molar-refractivity contribution in [1.82, 2.24) is 14.9 Å². The van der Waals surface area contributed by atoms with Crippen LogP contribution < -0.4 is 14.8 Å². The molecule has 1 aliphatic heterocycles. The van der Waals surface area contributed by atoms with E-state index < -0.39 is 10.0 Å². The molecule has 2 rings (SSSR count). The van der Waals surface area contributed by atoms with Crippen LogP contribution in [0, 0.1) is 0 Å². The molecule has 1 aromatic carbocycles. The highest BCUT2D eigenvalue weighted by Gasteiger charge is 2.25. The molecule has 0 radical (unpaired) electrons. The molecular weight excluding hydrogens is 302 g/mol. The van der Waals surface area contributed by atoms with Gasteiger partial charge in [0.25, 0.3) is 0 Å². The molecule has 0 aliphatic carbocycles. The average Bonchev–Trinajstić information content (AvgIpc) is 2.55. The summed E-state index contributed by atoms with van der Waals surface area (Å²) in [5.74, 6) is 0.986. The highest BCUT2D eigenvalue weighted by atomic mass is 32.2. The predicted octanol–water partition coefficient (Wildman–Crippen LogP) is 0.581. The number of piperazine rings is 1. The second-order valence-electron chi connectivity index (χ2n) is 5.30. The van der Waals surface area contributed by atoms with Gasteiger partial charge in [-0.1, -0.05) is 18.2 Å². The molecule has 124 valence electrons. The van der Waals surface area contributed by atoms with Crippen molar-refractivity contribution in [3.8, 4) is 5.75 Å². The molecular formula is C15H25N3O3S. The molecule has 0 bridgehead atoms. The Morgan fingerprint density at radius 2 is 2.18 bits per heavy atom. The summed E-state index contributed by atoms with van der Waals surface area (Å²) in [5, 5.41) is 3.40. The van der Waals surface area contributed by atoms with Gasteiger partial charge in [-0.2, -0.15) is 0 Å². The van der Waals surface area contributed by atoms with Crippen LogP contribution in [0.1, 0.15) is 18.5 Å². The predicted molar refractivity (Wildman–Crippen MR) is 87.6 cm³/mol. The van der Waals surface area contributed by atoms with E-state index in [4.69, 9.17) is 4.74 Å². The maximum atomic E-state index is 11.5. The lowest BCUT2D eigenvalue weighted by Gasteiger charge is -2.37. The standard InChI is InChI=1S/C15H25N3O3S/c1-3-22(19,20)17-9-11-18-10-8-16-12-14(18)13-6-4-5-7-15(13)21-2/h4-7,14,16-17H,3,8-12H2,1-2H3. The normalized spacial score (nSPS) is 20.0. The molecule has 1 aliphatic rings. The summed E-state index contributed by atoms with van der Waals surface area (Å²) in [7, 11) is -1.46. The molecule has 0 spiro atoms. The van der Waals surface area contributed by atoms with Crippen LogP contribution in [0.5, 0.6) is 5.75 Å². The first-order chi connectivity index (χ1) is 10.6. The molecule has 1 saturated heterocycles. The molecule has 1 atom stereocenters. The second kappa shape index (κ2) is 7.92. The molecule has 0 amide bonds. The summed E-state index contributed by atoms with van der Waals surface area (Å²) in [4.78, 5) is 2.30. The molecule has 1 aromatic rings. The van der Waals surface area contributed by atoms with Gasteiger partial charge in [0.15, 0.2) is 0 Å². The van der Waals surface area contributed by atoms with E-state index in [1.807, 2.05) is 18.2 Å². The molecule has 1 unspecified atom stereocenters. The number of rotatable bonds is 7. The molecule has 2 N–H and O–H groups in total. The fraction of sp³-hybridized carbons (Fsp3) is 0.600. The molecule has 7 heteroatoms. The number of benzene rings is 1. The highest BCUT2D eigenvalue weighted by molar-refractivity contribution is 7.89. The van der Waals surface area contributed by atoms with Crippen LogP contribution in [0.15, 0.2) is 24.3 Å². The fourth-order valence-corrected chi connectivity index (χ4v) is 3.32. The van der Waals surface area contributed by atoms with Gasteiger partial charge in [-0.15, -0.1) is 0 Å². The minimum Gasteiger partial charge on any atom is -0.496 e. The third-order valence-corrected chi connectivity index (χ3v) is 5.36. The van der Waals surface area contributed by atoms with E-state index in [-0.39, 0.29) is 11.8 Å². The van der Waals surface area contributed by atoms with Gasteiger partial charge < -0.3 is 10.1 Å². The molecule has 6 nitrogen and oxygen atoms in total. The summed E-state index contributed by atoms with van der Waals surface area (Å²) >= 11 is 0. The monoisotopic (exact) mass is 327 g/mol. The van der Waals surface area contributed by atoms with Gasteiger partial charge in [0.05, 0.1) is 18.9 Å². The molecule has 22 heavy (non-hydrogen) atoms. The van der Waals surface area contributed by atoms with E-state index in [1.54, 1.807) is 14.0 Å². The topological polar surface area (TPSA) is 70.7 Å². The zero-order valence-electron chi connectivity index (χ0n) is 13.2. The number of nitrogens with one attached hydrogen (secondary N) is 2.